The molecule has 2 aromatic rings. The lowest BCUT2D eigenvalue weighted by atomic mass is 10.1. The minimum Gasteiger partial charge on any atom is -0.397 e. The molecule has 0 amide bonds. The van der Waals surface area contributed by atoms with Crippen LogP contribution in [0.2, 0.25) is 0 Å². The topological polar surface area (TPSA) is 29.3 Å². The van der Waals surface area contributed by atoms with Gasteiger partial charge in [-0.25, -0.2) is 4.39 Å². The molecule has 2 aromatic carbocycles. The molecule has 0 heterocycles. The molecule has 18 heavy (non-hydrogen) atoms. The van der Waals surface area contributed by atoms with Gasteiger partial charge in [0.25, 0.3) is 0 Å². The Bertz CT molecular complexity index is 552. The fourth-order valence-corrected chi connectivity index (χ4v) is 2.01. The number of rotatable bonds is 3. The van der Waals surface area contributed by atoms with Crippen LogP contribution < -0.4 is 10.6 Å². The molecular weight excluding hydrogens is 227 g/mol. The van der Waals surface area contributed by atoms with Crippen LogP contribution >= 0.6 is 0 Å². The largest absolute Gasteiger partial charge is 0.397 e. The highest BCUT2D eigenvalue weighted by molar-refractivity contribution is 5.67. The van der Waals surface area contributed by atoms with E-state index < -0.39 is 0 Å². The van der Waals surface area contributed by atoms with E-state index in [0.29, 0.717) is 6.54 Å². The Morgan fingerprint density at radius 1 is 1.17 bits per heavy atom. The second-order valence-electron chi connectivity index (χ2n) is 4.49. The maximum absolute atomic E-state index is 13.0. The molecule has 0 spiro atoms. The molecule has 0 bridgehead atoms. The second kappa shape index (κ2) is 5.08. The predicted molar refractivity (Wildman–Crippen MR) is 74.1 cm³/mol. The number of nitrogens with two attached hydrogens (primary N) is 1. The Morgan fingerprint density at radius 3 is 2.56 bits per heavy atom. The summed E-state index contributed by atoms with van der Waals surface area (Å²) in [5.74, 6) is -0.196. The fourth-order valence-electron chi connectivity index (χ4n) is 2.01. The van der Waals surface area contributed by atoms with Crippen molar-refractivity contribution in [1.29, 1.82) is 0 Å². The van der Waals surface area contributed by atoms with E-state index in [9.17, 15) is 4.39 Å². The van der Waals surface area contributed by atoms with E-state index in [2.05, 4.69) is 4.90 Å². The lowest BCUT2D eigenvalue weighted by Crippen LogP contribution is -2.18. The zero-order valence-corrected chi connectivity index (χ0v) is 10.7. The Labute approximate surface area is 107 Å². The lowest BCUT2D eigenvalue weighted by Gasteiger charge is -2.22. The average Bonchev–Trinajstić information content (AvgIpc) is 2.33. The number of aryl methyl sites for hydroxylation is 1. The zero-order chi connectivity index (χ0) is 13.1. The highest BCUT2D eigenvalue weighted by Crippen LogP contribution is 2.23. The molecule has 0 atom stereocenters. The summed E-state index contributed by atoms with van der Waals surface area (Å²) in [5, 5.41) is 0. The number of hydrogen-bond donors (Lipinski definition) is 1. The third-order valence-corrected chi connectivity index (χ3v) is 3.06. The summed E-state index contributed by atoms with van der Waals surface area (Å²) in [7, 11) is 1.98. The SMILES string of the molecule is Cc1cc(F)ccc1CN(C)c1ccccc1N. The van der Waals surface area contributed by atoms with E-state index in [1.54, 1.807) is 6.07 Å². The first-order chi connectivity index (χ1) is 8.58. The number of para-hydroxylation sites is 2. The first-order valence-corrected chi connectivity index (χ1v) is 5.88. The zero-order valence-electron chi connectivity index (χ0n) is 10.7. The number of benzene rings is 2. The molecule has 0 fully saturated rings. The molecule has 2 N–H and O–H groups in total. The number of nitrogens with zero attached hydrogens (tertiary/aromatic N) is 1. The minimum atomic E-state index is -0.196. The summed E-state index contributed by atoms with van der Waals surface area (Å²) >= 11 is 0. The normalized spacial score (nSPS) is 10.4. The molecule has 3 heteroatoms. The van der Waals surface area contributed by atoms with Crippen molar-refractivity contribution >= 4 is 11.4 Å². The first kappa shape index (κ1) is 12.4. The number of anilines is 2. The summed E-state index contributed by atoms with van der Waals surface area (Å²) < 4.78 is 13.0. The van der Waals surface area contributed by atoms with Crippen molar-refractivity contribution in [3.63, 3.8) is 0 Å². The molecule has 0 saturated heterocycles. The highest BCUT2D eigenvalue weighted by Gasteiger charge is 2.07. The van der Waals surface area contributed by atoms with Gasteiger partial charge in [0.05, 0.1) is 11.4 Å². The monoisotopic (exact) mass is 244 g/mol. The molecule has 0 aliphatic heterocycles. The van der Waals surface area contributed by atoms with Gasteiger partial charge in [-0.15, -0.1) is 0 Å². The number of halogens is 1. The predicted octanol–water partition coefficient (Wildman–Crippen LogP) is 3.35. The van der Waals surface area contributed by atoms with Crippen LogP contribution in [0.1, 0.15) is 11.1 Å². The van der Waals surface area contributed by atoms with Crippen LogP contribution in [0.25, 0.3) is 0 Å². The van der Waals surface area contributed by atoms with Crippen LogP contribution in [0.4, 0.5) is 15.8 Å². The van der Waals surface area contributed by atoms with Gasteiger partial charge in [0.2, 0.25) is 0 Å². The molecule has 0 aromatic heterocycles. The lowest BCUT2D eigenvalue weighted by molar-refractivity contribution is 0.625. The van der Waals surface area contributed by atoms with Crippen LogP contribution in [0, 0.1) is 12.7 Å². The van der Waals surface area contributed by atoms with Crippen LogP contribution in [0.5, 0.6) is 0 Å². The fraction of sp³-hybridized carbons (Fsp3) is 0.200. The van der Waals surface area contributed by atoms with E-state index >= 15 is 0 Å². The number of nitrogen functional groups attached to an aromatic ring is 1. The van der Waals surface area contributed by atoms with Crippen LogP contribution in [0.3, 0.4) is 0 Å². The van der Waals surface area contributed by atoms with Gasteiger partial charge in [-0.05, 0) is 42.3 Å². The van der Waals surface area contributed by atoms with Gasteiger partial charge in [-0.3, -0.25) is 0 Å². The molecule has 0 aliphatic rings. The highest BCUT2D eigenvalue weighted by atomic mass is 19.1. The van der Waals surface area contributed by atoms with Crippen LogP contribution in [-0.2, 0) is 6.54 Å². The maximum atomic E-state index is 13.0. The van der Waals surface area contributed by atoms with Gasteiger partial charge < -0.3 is 10.6 Å². The molecule has 0 unspecified atom stereocenters. The van der Waals surface area contributed by atoms with E-state index in [0.717, 1.165) is 22.5 Å². The average molecular weight is 244 g/mol. The maximum Gasteiger partial charge on any atom is 0.123 e. The van der Waals surface area contributed by atoms with Gasteiger partial charge >= 0.3 is 0 Å². The van der Waals surface area contributed by atoms with Gasteiger partial charge in [0.1, 0.15) is 5.82 Å². The summed E-state index contributed by atoms with van der Waals surface area (Å²) in [5.41, 5.74) is 9.73. The van der Waals surface area contributed by atoms with Crippen LogP contribution in [-0.4, -0.2) is 7.05 Å². The van der Waals surface area contributed by atoms with Gasteiger partial charge in [-0.2, -0.15) is 0 Å². The molecule has 0 saturated carbocycles. The number of hydrogen-bond acceptors (Lipinski definition) is 2. The minimum absolute atomic E-state index is 0.196. The van der Waals surface area contributed by atoms with Gasteiger partial charge in [0, 0.05) is 13.6 Å². The summed E-state index contributed by atoms with van der Waals surface area (Å²) in [4.78, 5) is 2.07. The van der Waals surface area contributed by atoms with Gasteiger partial charge in [0.15, 0.2) is 0 Å². The van der Waals surface area contributed by atoms with Crippen molar-refractivity contribution in [1.82, 2.24) is 0 Å². The first-order valence-electron chi connectivity index (χ1n) is 5.88. The Kier molecular flexibility index (Phi) is 3.51. The van der Waals surface area contributed by atoms with E-state index in [4.69, 9.17) is 5.73 Å². The van der Waals surface area contributed by atoms with Gasteiger partial charge in [-0.1, -0.05) is 18.2 Å². The third-order valence-electron chi connectivity index (χ3n) is 3.06. The van der Waals surface area contributed by atoms with E-state index in [1.165, 1.54) is 6.07 Å². The molecule has 94 valence electrons. The summed E-state index contributed by atoms with van der Waals surface area (Å²) in [6.45, 7) is 2.63. The summed E-state index contributed by atoms with van der Waals surface area (Å²) in [6.07, 6.45) is 0. The molecular formula is C15H17FN2. The van der Waals surface area contributed by atoms with Crippen molar-refractivity contribution in [2.75, 3.05) is 17.7 Å². The van der Waals surface area contributed by atoms with Crippen molar-refractivity contribution < 1.29 is 4.39 Å². The van der Waals surface area contributed by atoms with Crippen molar-refractivity contribution in [3.8, 4) is 0 Å². The van der Waals surface area contributed by atoms with Crippen molar-refractivity contribution in [2.24, 2.45) is 0 Å². The molecule has 0 aliphatic carbocycles. The van der Waals surface area contributed by atoms with Crippen molar-refractivity contribution in [3.05, 3.63) is 59.4 Å². The standard InChI is InChI=1S/C15H17FN2/c1-11-9-13(16)8-7-12(11)10-18(2)15-6-4-3-5-14(15)17/h3-9H,10,17H2,1-2H3. The summed E-state index contributed by atoms with van der Waals surface area (Å²) in [6, 6.07) is 12.6. The van der Waals surface area contributed by atoms with Crippen LogP contribution in [0.15, 0.2) is 42.5 Å². The Hall–Kier alpha value is -2.03. The molecule has 0 radical (unpaired) electrons. The van der Waals surface area contributed by atoms with Crippen molar-refractivity contribution in [2.45, 2.75) is 13.5 Å². The third kappa shape index (κ3) is 2.62. The second-order valence-corrected chi connectivity index (χ2v) is 4.49. The molecule has 2 rings (SSSR count). The van der Waals surface area contributed by atoms with E-state index in [-0.39, 0.29) is 5.82 Å². The Balaban J connectivity index is 2.21. The smallest absolute Gasteiger partial charge is 0.123 e. The van der Waals surface area contributed by atoms with E-state index in [1.807, 2.05) is 44.3 Å². The Morgan fingerprint density at radius 2 is 1.89 bits per heavy atom. The molecule has 2 nitrogen and oxygen atoms in total. The quantitative estimate of drug-likeness (QED) is 0.839.